The Hall–Kier alpha value is -1.76. The quantitative estimate of drug-likeness (QED) is 0.861. The van der Waals surface area contributed by atoms with Crippen LogP contribution in [0.15, 0.2) is 15.3 Å². The molecule has 96 valence electrons. The van der Waals surface area contributed by atoms with Gasteiger partial charge in [-0.05, 0) is 31.1 Å². The van der Waals surface area contributed by atoms with Crippen molar-refractivity contribution >= 4 is 12.2 Å². The highest BCUT2D eigenvalue weighted by Crippen LogP contribution is 2.17. The van der Waals surface area contributed by atoms with Crippen molar-refractivity contribution in [3.8, 4) is 11.5 Å². The summed E-state index contributed by atoms with van der Waals surface area (Å²) in [6, 6.07) is 1.70. The highest BCUT2D eigenvalue weighted by molar-refractivity contribution is 7.71. The largest absolute Gasteiger partial charge is 0.409 e. The molecule has 0 unspecified atom stereocenters. The van der Waals surface area contributed by atoms with E-state index in [1.807, 2.05) is 20.8 Å². The first kappa shape index (κ1) is 12.7. The van der Waals surface area contributed by atoms with E-state index in [1.54, 1.807) is 6.07 Å². The molecule has 2 rings (SSSR count). The van der Waals surface area contributed by atoms with Crippen molar-refractivity contribution in [2.75, 3.05) is 0 Å². The van der Waals surface area contributed by atoms with E-state index in [4.69, 9.17) is 16.6 Å². The number of nitrogens with one attached hydrogen (secondary N) is 1. The van der Waals surface area contributed by atoms with Crippen molar-refractivity contribution in [3.63, 3.8) is 0 Å². The molecule has 0 atom stereocenters. The third-order valence-electron chi connectivity index (χ3n) is 2.55. The second-order valence-corrected chi connectivity index (χ2v) is 4.55. The van der Waals surface area contributed by atoms with Gasteiger partial charge in [0.25, 0.3) is 16.3 Å². The van der Waals surface area contributed by atoms with Gasteiger partial charge < -0.3 is 4.42 Å². The number of H-pyrrole nitrogens is 1. The van der Waals surface area contributed by atoms with Crippen molar-refractivity contribution in [1.29, 1.82) is 0 Å². The number of aryl methyl sites for hydroxylation is 1. The average Bonchev–Trinajstić information content (AvgIpc) is 2.75. The predicted molar refractivity (Wildman–Crippen MR) is 68.9 cm³/mol. The van der Waals surface area contributed by atoms with Crippen LogP contribution in [-0.2, 0) is 6.54 Å². The van der Waals surface area contributed by atoms with E-state index in [9.17, 15) is 4.79 Å². The fourth-order valence-corrected chi connectivity index (χ4v) is 1.68. The monoisotopic (exact) mass is 266 g/mol. The van der Waals surface area contributed by atoms with E-state index in [0.717, 1.165) is 5.69 Å². The molecule has 0 aliphatic carbocycles. The zero-order valence-corrected chi connectivity index (χ0v) is 11.2. The van der Waals surface area contributed by atoms with Gasteiger partial charge in [0.1, 0.15) is 5.56 Å². The maximum atomic E-state index is 12.1. The topological polar surface area (TPSA) is 76.7 Å². The van der Waals surface area contributed by atoms with Gasteiger partial charge in [-0.3, -0.25) is 4.79 Å². The molecule has 18 heavy (non-hydrogen) atoms. The summed E-state index contributed by atoms with van der Waals surface area (Å²) in [6.45, 7) is 6.38. The number of hydrogen-bond donors (Lipinski definition) is 1. The smallest absolute Gasteiger partial charge is 0.284 e. The summed E-state index contributed by atoms with van der Waals surface area (Å²) in [6.07, 6.45) is 0. The Morgan fingerprint density at radius 3 is 2.78 bits per heavy atom. The second kappa shape index (κ2) is 4.85. The number of nitrogens with zero attached hydrogens (tertiary/aromatic N) is 3. The Kier molecular flexibility index (Phi) is 3.42. The van der Waals surface area contributed by atoms with Crippen LogP contribution in [0, 0.1) is 4.84 Å². The number of aromatic nitrogens is 4. The normalized spacial score (nSPS) is 11.1. The first-order valence-electron chi connectivity index (χ1n) is 5.70. The number of aromatic amines is 1. The molecule has 0 radical (unpaired) electrons. The second-order valence-electron chi connectivity index (χ2n) is 4.18. The summed E-state index contributed by atoms with van der Waals surface area (Å²) in [5.41, 5.74) is 0.964. The van der Waals surface area contributed by atoms with Gasteiger partial charge in [0.15, 0.2) is 0 Å². The Balaban J connectivity index is 2.69. The Bertz CT molecular complexity index is 668. The minimum Gasteiger partial charge on any atom is -0.409 e. The highest BCUT2D eigenvalue weighted by atomic mass is 32.1. The van der Waals surface area contributed by atoms with Gasteiger partial charge in [-0.15, -0.1) is 5.10 Å². The fraction of sp³-hybridized carbons (Fsp3) is 0.455. The highest BCUT2D eigenvalue weighted by Gasteiger charge is 2.15. The lowest BCUT2D eigenvalue weighted by molar-refractivity contribution is 0.543. The van der Waals surface area contributed by atoms with Crippen molar-refractivity contribution in [2.45, 2.75) is 33.2 Å². The molecule has 6 nitrogen and oxygen atoms in total. The van der Waals surface area contributed by atoms with Crippen LogP contribution < -0.4 is 5.56 Å². The summed E-state index contributed by atoms with van der Waals surface area (Å²) in [4.78, 5) is 12.3. The van der Waals surface area contributed by atoms with Gasteiger partial charge in [-0.25, -0.2) is 9.78 Å². The maximum Gasteiger partial charge on any atom is 0.284 e. The van der Waals surface area contributed by atoms with Crippen LogP contribution in [0.4, 0.5) is 0 Å². The minimum atomic E-state index is -0.229. The number of rotatable bonds is 3. The molecule has 0 bridgehead atoms. The lowest BCUT2D eigenvalue weighted by Crippen LogP contribution is -2.25. The van der Waals surface area contributed by atoms with Crippen LogP contribution in [0.1, 0.15) is 32.4 Å². The zero-order valence-electron chi connectivity index (χ0n) is 10.4. The van der Waals surface area contributed by atoms with E-state index in [0.29, 0.717) is 12.1 Å². The van der Waals surface area contributed by atoms with Crippen LogP contribution in [0.3, 0.4) is 0 Å². The van der Waals surface area contributed by atoms with E-state index in [2.05, 4.69) is 15.3 Å². The summed E-state index contributed by atoms with van der Waals surface area (Å²) >= 11 is 4.81. The standard InChI is InChI=1S/C11H14N4O2S/c1-4-15-10(16)7(5-8(14-15)6(2)3)9-12-13-11(18)17-9/h5-6H,4H2,1-3H3,(H,13,18). The van der Waals surface area contributed by atoms with Crippen LogP contribution in [0.5, 0.6) is 0 Å². The molecule has 0 aromatic carbocycles. The molecule has 7 heteroatoms. The molecule has 2 heterocycles. The van der Waals surface area contributed by atoms with Crippen LogP contribution in [-0.4, -0.2) is 20.0 Å². The summed E-state index contributed by atoms with van der Waals surface area (Å²) in [5, 5.41) is 10.7. The van der Waals surface area contributed by atoms with E-state index >= 15 is 0 Å². The molecule has 0 saturated heterocycles. The molecule has 2 aromatic heterocycles. The Morgan fingerprint density at radius 1 is 1.56 bits per heavy atom. The lowest BCUT2D eigenvalue weighted by atomic mass is 10.1. The molecule has 0 aliphatic rings. The molecule has 0 amide bonds. The van der Waals surface area contributed by atoms with E-state index in [1.165, 1.54) is 4.68 Å². The van der Waals surface area contributed by atoms with E-state index < -0.39 is 0 Å². The molecule has 2 aromatic rings. The van der Waals surface area contributed by atoms with Gasteiger partial charge in [-0.2, -0.15) is 5.10 Å². The van der Waals surface area contributed by atoms with Gasteiger partial charge in [0.2, 0.25) is 0 Å². The Morgan fingerprint density at radius 2 is 2.28 bits per heavy atom. The predicted octanol–water partition coefficient (Wildman–Crippen LogP) is 2.10. The molecular weight excluding hydrogens is 252 g/mol. The summed E-state index contributed by atoms with van der Waals surface area (Å²) in [5.74, 6) is 0.417. The minimum absolute atomic E-state index is 0.148. The SMILES string of the molecule is CCn1nc(C(C)C)cc(-c2n[nH]c(=S)o2)c1=O. The van der Waals surface area contributed by atoms with Gasteiger partial charge in [0, 0.05) is 6.54 Å². The first-order valence-corrected chi connectivity index (χ1v) is 6.11. The van der Waals surface area contributed by atoms with Crippen LogP contribution in [0.2, 0.25) is 0 Å². The van der Waals surface area contributed by atoms with Crippen LogP contribution >= 0.6 is 12.2 Å². The summed E-state index contributed by atoms with van der Waals surface area (Å²) < 4.78 is 6.59. The zero-order chi connectivity index (χ0) is 13.3. The molecule has 0 saturated carbocycles. The van der Waals surface area contributed by atoms with E-state index in [-0.39, 0.29) is 22.2 Å². The maximum absolute atomic E-state index is 12.1. The van der Waals surface area contributed by atoms with Crippen molar-refractivity contribution in [3.05, 3.63) is 27.0 Å². The van der Waals surface area contributed by atoms with Gasteiger partial charge in [0.05, 0.1) is 5.69 Å². The van der Waals surface area contributed by atoms with Crippen LogP contribution in [0.25, 0.3) is 11.5 Å². The lowest BCUT2D eigenvalue weighted by Gasteiger charge is -2.09. The third-order valence-corrected chi connectivity index (χ3v) is 2.73. The van der Waals surface area contributed by atoms with Crippen molar-refractivity contribution < 1.29 is 4.42 Å². The van der Waals surface area contributed by atoms with Gasteiger partial charge >= 0.3 is 0 Å². The summed E-state index contributed by atoms with van der Waals surface area (Å²) in [7, 11) is 0. The molecule has 0 aliphatic heterocycles. The third kappa shape index (κ3) is 2.26. The molecule has 0 fully saturated rings. The average molecular weight is 266 g/mol. The fourth-order valence-electron chi connectivity index (χ4n) is 1.56. The Labute approximate surface area is 109 Å². The molecule has 0 spiro atoms. The molecule has 1 N–H and O–H groups in total. The molecular formula is C11H14N4O2S. The first-order chi connectivity index (χ1) is 8.52. The number of hydrogen-bond acceptors (Lipinski definition) is 5. The van der Waals surface area contributed by atoms with Gasteiger partial charge in [-0.1, -0.05) is 13.8 Å². The van der Waals surface area contributed by atoms with Crippen molar-refractivity contribution in [2.24, 2.45) is 0 Å². The van der Waals surface area contributed by atoms with Crippen molar-refractivity contribution in [1.82, 2.24) is 20.0 Å².